The Hall–Kier alpha value is -1.43. The minimum atomic E-state index is -0.333. The SMILES string of the molecule is O=C1CCN(Cc2ccc(Br)cn2)C(=O)C(C2CC2)N1. The third-order valence-electron chi connectivity index (χ3n) is 3.74. The molecule has 2 heterocycles. The minimum absolute atomic E-state index is 0.0264. The molecule has 1 saturated heterocycles. The third-order valence-corrected chi connectivity index (χ3v) is 4.21. The lowest BCUT2D eigenvalue weighted by molar-refractivity contribution is -0.134. The normalized spacial score (nSPS) is 23.4. The molecule has 6 heteroatoms. The van der Waals surface area contributed by atoms with Gasteiger partial charge in [0.05, 0.1) is 12.2 Å². The number of halogens is 1. The molecule has 20 heavy (non-hydrogen) atoms. The number of nitrogens with zero attached hydrogens (tertiary/aromatic N) is 2. The number of hydrogen-bond donors (Lipinski definition) is 1. The van der Waals surface area contributed by atoms with Crippen molar-refractivity contribution in [3.63, 3.8) is 0 Å². The van der Waals surface area contributed by atoms with Crippen molar-refractivity contribution < 1.29 is 9.59 Å². The molecule has 1 saturated carbocycles. The van der Waals surface area contributed by atoms with Crippen LogP contribution in [0.2, 0.25) is 0 Å². The second-order valence-corrected chi connectivity index (χ2v) is 6.28. The van der Waals surface area contributed by atoms with E-state index in [4.69, 9.17) is 0 Å². The molecule has 1 N–H and O–H groups in total. The smallest absolute Gasteiger partial charge is 0.245 e. The Morgan fingerprint density at radius 1 is 1.35 bits per heavy atom. The van der Waals surface area contributed by atoms with Gasteiger partial charge in [-0.1, -0.05) is 0 Å². The number of rotatable bonds is 3. The van der Waals surface area contributed by atoms with E-state index < -0.39 is 0 Å². The van der Waals surface area contributed by atoms with Crippen LogP contribution in [-0.2, 0) is 16.1 Å². The monoisotopic (exact) mass is 337 g/mol. The minimum Gasteiger partial charge on any atom is -0.344 e. The lowest BCUT2D eigenvalue weighted by Crippen LogP contribution is -2.45. The van der Waals surface area contributed by atoms with Crippen molar-refractivity contribution in [1.82, 2.24) is 15.2 Å². The molecule has 1 aromatic rings. The first-order chi connectivity index (χ1) is 9.63. The van der Waals surface area contributed by atoms with Crippen molar-refractivity contribution in [2.45, 2.75) is 31.8 Å². The van der Waals surface area contributed by atoms with E-state index in [1.165, 1.54) is 0 Å². The summed E-state index contributed by atoms with van der Waals surface area (Å²) in [6, 6.07) is 3.47. The Bertz CT molecular complexity index is 528. The van der Waals surface area contributed by atoms with Crippen LogP contribution in [0, 0.1) is 5.92 Å². The van der Waals surface area contributed by atoms with Crippen LogP contribution in [0.5, 0.6) is 0 Å². The Labute approximate surface area is 125 Å². The zero-order chi connectivity index (χ0) is 14.1. The van der Waals surface area contributed by atoms with Gasteiger partial charge >= 0.3 is 0 Å². The molecular weight excluding hydrogens is 322 g/mol. The summed E-state index contributed by atoms with van der Waals surface area (Å²) < 4.78 is 0.913. The summed E-state index contributed by atoms with van der Waals surface area (Å²) in [5.74, 6) is 0.328. The molecule has 0 spiro atoms. The summed E-state index contributed by atoms with van der Waals surface area (Å²) in [5, 5.41) is 2.86. The van der Waals surface area contributed by atoms with Gasteiger partial charge in [0.1, 0.15) is 6.04 Å². The number of hydrogen-bond acceptors (Lipinski definition) is 3. The first-order valence-corrected chi connectivity index (χ1v) is 7.61. The zero-order valence-electron chi connectivity index (χ0n) is 11.0. The van der Waals surface area contributed by atoms with Crippen molar-refractivity contribution in [2.24, 2.45) is 5.92 Å². The second-order valence-electron chi connectivity index (χ2n) is 5.36. The van der Waals surface area contributed by atoms with Gasteiger partial charge in [0.25, 0.3) is 0 Å². The van der Waals surface area contributed by atoms with Gasteiger partial charge in [0.15, 0.2) is 0 Å². The highest BCUT2D eigenvalue weighted by molar-refractivity contribution is 9.10. The summed E-state index contributed by atoms with van der Waals surface area (Å²) in [4.78, 5) is 30.3. The lowest BCUT2D eigenvalue weighted by Gasteiger charge is -2.23. The van der Waals surface area contributed by atoms with Crippen LogP contribution in [-0.4, -0.2) is 34.3 Å². The quantitative estimate of drug-likeness (QED) is 0.908. The average Bonchev–Trinajstić information content (AvgIpc) is 3.26. The maximum Gasteiger partial charge on any atom is 0.245 e. The van der Waals surface area contributed by atoms with Crippen LogP contribution in [0.4, 0.5) is 0 Å². The van der Waals surface area contributed by atoms with Crippen LogP contribution in [0.25, 0.3) is 0 Å². The highest BCUT2D eigenvalue weighted by Gasteiger charge is 2.40. The number of pyridine rings is 1. The molecular formula is C14H16BrN3O2. The van der Waals surface area contributed by atoms with Gasteiger partial charge in [-0.15, -0.1) is 0 Å². The molecule has 1 aliphatic heterocycles. The molecule has 1 atom stereocenters. The van der Waals surface area contributed by atoms with Gasteiger partial charge in [0, 0.05) is 23.6 Å². The molecule has 2 aliphatic rings. The Kier molecular flexibility index (Phi) is 3.74. The molecule has 1 aromatic heterocycles. The van der Waals surface area contributed by atoms with E-state index in [1.807, 2.05) is 12.1 Å². The third kappa shape index (κ3) is 3.00. The average molecular weight is 338 g/mol. The van der Waals surface area contributed by atoms with Crippen molar-refractivity contribution in [1.29, 1.82) is 0 Å². The summed E-state index contributed by atoms with van der Waals surface area (Å²) in [7, 11) is 0. The van der Waals surface area contributed by atoms with E-state index in [1.54, 1.807) is 11.1 Å². The molecule has 0 aromatic carbocycles. The van der Waals surface area contributed by atoms with Crippen molar-refractivity contribution >= 4 is 27.7 Å². The summed E-state index contributed by atoms with van der Waals surface area (Å²) in [6.45, 7) is 0.927. The number of amides is 2. The maximum absolute atomic E-state index is 12.5. The van der Waals surface area contributed by atoms with Crippen molar-refractivity contribution in [3.05, 3.63) is 28.5 Å². The Balaban J connectivity index is 1.75. The number of carbonyl (C=O) groups is 2. The number of carbonyl (C=O) groups excluding carboxylic acids is 2. The van der Waals surface area contributed by atoms with Crippen LogP contribution in [0.15, 0.2) is 22.8 Å². The van der Waals surface area contributed by atoms with E-state index in [0.29, 0.717) is 25.4 Å². The Morgan fingerprint density at radius 3 is 2.80 bits per heavy atom. The highest BCUT2D eigenvalue weighted by Crippen LogP contribution is 2.34. The summed E-state index contributed by atoms with van der Waals surface area (Å²) in [6.07, 6.45) is 4.15. The molecule has 5 nitrogen and oxygen atoms in total. The number of nitrogens with one attached hydrogen (secondary N) is 1. The summed E-state index contributed by atoms with van der Waals surface area (Å²) in [5.41, 5.74) is 0.838. The molecule has 0 radical (unpaired) electrons. The first kappa shape index (κ1) is 13.5. The van der Waals surface area contributed by atoms with Crippen LogP contribution in [0.3, 0.4) is 0 Å². The van der Waals surface area contributed by atoms with Crippen LogP contribution >= 0.6 is 15.9 Å². The van der Waals surface area contributed by atoms with E-state index in [2.05, 4.69) is 26.2 Å². The predicted molar refractivity (Wildman–Crippen MR) is 76.6 cm³/mol. The fourth-order valence-electron chi connectivity index (χ4n) is 2.45. The molecule has 1 aliphatic carbocycles. The van der Waals surface area contributed by atoms with E-state index in [0.717, 1.165) is 23.0 Å². The summed E-state index contributed by atoms with van der Waals surface area (Å²) >= 11 is 3.34. The predicted octanol–water partition coefficient (Wildman–Crippen LogP) is 1.47. The van der Waals surface area contributed by atoms with Crippen molar-refractivity contribution in [3.8, 4) is 0 Å². The van der Waals surface area contributed by atoms with Gasteiger partial charge in [-0.2, -0.15) is 0 Å². The van der Waals surface area contributed by atoms with Crippen molar-refractivity contribution in [2.75, 3.05) is 6.54 Å². The highest BCUT2D eigenvalue weighted by atomic mass is 79.9. The van der Waals surface area contributed by atoms with Gasteiger partial charge in [0.2, 0.25) is 11.8 Å². The topological polar surface area (TPSA) is 62.3 Å². The van der Waals surface area contributed by atoms with Gasteiger partial charge in [-0.05, 0) is 46.8 Å². The molecule has 2 amide bonds. The molecule has 2 fully saturated rings. The molecule has 1 unspecified atom stereocenters. The largest absolute Gasteiger partial charge is 0.344 e. The maximum atomic E-state index is 12.5. The lowest BCUT2D eigenvalue weighted by atomic mass is 10.1. The molecule has 0 bridgehead atoms. The zero-order valence-corrected chi connectivity index (χ0v) is 12.6. The number of aromatic nitrogens is 1. The van der Waals surface area contributed by atoms with Gasteiger partial charge in [-0.3, -0.25) is 14.6 Å². The fraction of sp³-hybridized carbons (Fsp3) is 0.500. The van der Waals surface area contributed by atoms with Crippen LogP contribution < -0.4 is 5.32 Å². The first-order valence-electron chi connectivity index (χ1n) is 6.82. The second kappa shape index (κ2) is 5.52. The fourth-order valence-corrected chi connectivity index (χ4v) is 2.69. The van der Waals surface area contributed by atoms with Crippen LogP contribution in [0.1, 0.15) is 25.0 Å². The van der Waals surface area contributed by atoms with Gasteiger partial charge in [-0.25, -0.2) is 0 Å². The molecule has 3 rings (SSSR count). The Morgan fingerprint density at radius 2 is 2.15 bits per heavy atom. The van der Waals surface area contributed by atoms with E-state index >= 15 is 0 Å². The molecule has 106 valence electrons. The van der Waals surface area contributed by atoms with E-state index in [-0.39, 0.29) is 17.9 Å². The van der Waals surface area contributed by atoms with E-state index in [9.17, 15) is 9.59 Å². The van der Waals surface area contributed by atoms with Gasteiger partial charge < -0.3 is 10.2 Å². The standard InChI is InChI=1S/C14H16BrN3O2/c15-10-3-4-11(16-7-10)8-18-6-5-12(19)17-13(14(18)20)9-1-2-9/h3-4,7,9,13H,1-2,5-6,8H2,(H,17,19).